The summed E-state index contributed by atoms with van der Waals surface area (Å²) in [7, 11) is 3.70. The first kappa shape index (κ1) is 12.1. The Morgan fingerprint density at radius 3 is 2.17 bits per heavy atom. The Morgan fingerprint density at radius 2 is 1.83 bits per heavy atom. The van der Waals surface area contributed by atoms with E-state index in [1.807, 2.05) is 7.05 Å². The van der Waals surface area contributed by atoms with Gasteiger partial charge in [-0.05, 0) is 32.1 Å². The predicted molar refractivity (Wildman–Crippen MR) is 53.6 cm³/mol. The molecule has 0 aliphatic rings. The average molecular weight is 191 g/mol. The Bertz CT molecular complexity index is 99.0. The maximum atomic E-state index is 5.47. The minimum Gasteiger partial charge on any atom is -0.398 e. The second-order valence-corrected chi connectivity index (χ2v) is 6.72. The van der Waals surface area contributed by atoms with Crippen molar-refractivity contribution in [3.63, 3.8) is 0 Å². The van der Waals surface area contributed by atoms with Crippen molar-refractivity contribution in [1.82, 2.24) is 5.32 Å². The molecular formula is C8H21NO2Si. The van der Waals surface area contributed by atoms with Crippen molar-refractivity contribution in [3.05, 3.63) is 0 Å². The summed E-state index contributed by atoms with van der Waals surface area (Å²) >= 11 is 0. The highest BCUT2D eigenvalue weighted by Gasteiger charge is 2.31. The van der Waals surface area contributed by atoms with Gasteiger partial charge in [-0.3, -0.25) is 0 Å². The zero-order valence-corrected chi connectivity index (χ0v) is 9.64. The topological polar surface area (TPSA) is 30.5 Å². The number of nitrogens with one attached hydrogen (secondary N) is 1. The second-order valence-electron chi connectivity index (χ2n) is 2.88. The van der Waals surface area contributed by atoms with Gasteiger partial charge in [0.25, 0.3) is 0 Å². The minimum atomic E-state index is -1.79. The van der Waals surface area contributed by atoms with Crippen LogP contribution < -0.4 is 5.32 Å². The van der Waals surface area contributed by atoms with Crippen LogP contribution in [0.3, 0.4) is 0 Å². The lowest BCUT2D eigenvalue weighted by atomic mass is 10.5. The van der Waals surface area contributed by atoms with Crippen LogP contribution in [0.1, 0.15) is 13.3 Å². The molecule has 12 heavy (non-hydrogen) atoms. The molecule has 0 bridgehead atoms. The van der Waals surface area contributed by atoms with Crippen LogP contribution in [0.2, 0.25) is 12.1 Å². The summed E-state index contributed by atoms with van der Waals surface area (Å²) in [6, 6.07) is 2.11. The van der Waals surface area contributed by atoms with Crippen molar-refractivity contribution in [1.29, 1.82) is 0 Å². The minimum absolute atomic E-state index is 1.03. The van der Waals surface area contributed by atoms with E-state index in [1.165, 1.54) is 0 Å². The third kappa shape index (κ3) is 3.67. The standard InChI is InChI=1S/C8H21NO2Si/c1-5-12(10-3,11-4)8-6-7-9-2/h9H,5-8H2,1-4H3. The van der Waals surface area contributed by atoms with Crippen molar-refractivity contribution >= 4 is 8.56 Å². The molecule has 0 unspecified atom stereocenters. The zero-order valence-electron chi connectivity index (χ0n) is 8.64. The van der Waals surface area contributed by atoms with E-state index < -0.39 is 8.56 Å². The monoisotopic (exact) mass is 191 g/mol. The third-order valence-electron chi connectivity index (χ3n) is 2.27. The highest BCUT2D eigenvalue weighted by atomic mass is 28.4. The molecule has 74 valence electrons. The highest BCUT2D eigenvalue weighted by molar-refractivity contribution is 6.67. The average Bonchev–Trinajstić information content (AvgIpc) is 2.14. The van der Waals surface area contributed by atoms with Crippen molar-refractivity contribution in [3.8, 4) is 0 Å². The van der Waals surface area contributed by atoms with E-state index in [1.54, 1.807) is 14.2 Å². The highest BCUT2D eigenvalue weighted by Crippen LogP contribution is 2.18. The van der Waals surface area contributed by atoms with Crippen LogP contribution in [-0.2, 0) is 8.85 Å². The zero-order chi connectivity index (χ0) is 9.45. The van der Waals surface area contributed by atoms with Crippen LogP contribution in [0.15, 0.2) is 0 Å². The number of rotatable bonds is 7. The van der Waals surface area contributed by atoms with E-state index in [0.29, 0.717) is 0 Å². The van der Waals surface area contributed by atoms with Gasteiger partial charge in [0.1, 0.15) is 0 Å². The number of hydrogen-bond donors (Lipinski definition) is 1. The fourth-order valence-corrected chi connectivity index (χ4v) is 3.51. The Labute approximate surface area is 76.7 Å². The maximum absolute atomic E-state index is 5.47. The summed E-state index contributed by atoms with van der Waals surface area (Å²) in [6.07, 6.45) is 1.14. The molecule has 0 rings (SSSR count). The fourth-order valence-electron chi connectivity index (χ4n) is 1.29. The van der Waals surface area contributed by atoms with Gasteiger partial charge in [0, 0.05) is 14.2 Å². The van der Waals surface area contributed by atoms with Gasteiger partial charge in [-0.25, -0.2) is 0 Å². The molecule has 0 radical (unpaired) electrons. The molecule has 0 aromatic rings. The molecule has 0 aromatic heterocycles. The summed E-state index contributed by atoms with van der Waals surface area (Å²) in [4.78, 5) is 0. The first-order chi connectivity index (χ1) is 5.74. The Hall–Kier alpha value is 0.0969. The molecular weight excluding hydrogens is 170 g/mol. The third-order valence-corrected chi connectivity index (χ3v) is 5.95. The second kappa shape index (κ2) is 6.60. The van der Waals surface area contributed by atoms with E-state index >= 15 is 0 Å². The van der Waals surface area contributed by atoms with Gasteiger partial charge in [0.2, 0.25) is 0 Å². The van der Waals surface area contributed by atoms with Crippen LogP contribution in [-0.4, -0.2) is 36.4 Å². The molecule has 0 atom stereocenters. The first-order valence-electron chi connectivity index (χ1n) is 4.49. The fraction of sp³-hybridized carbons (Fsp3) is 1.00. The van der Waals surface area contributed by atoms with Gasteiger partial charge in [-0.2, -0.15) is 0 Å². The van der Waals surface area contributed by atoms with Crippen LogP contribution in [0.4, 0.5) is 0 Å². The van der Waals surface area contributed by atoms with Crippen molar-refractivity contribution in [2.75, 3.05) is 27.8 Å². The van der Waals surface area contributed by atoms with Crippen molar-refractivity contribution < 1.29 is 8.85 Å². The predicted octanol–water partition coefficient (Wildman–Crippen LogP) is 1.35. The molecule has 0 saturated heterocycles. The normalized spacial score (nSPS) is 12.0. The van der Waals surface area contributed by atoms with Gasteiger partial charge < -0.3 is 14.2 Å². The number of hydrogen-bond acceptors (Lipinski definition) is 3. The van der Waals surface area contributed by atoms with Crippen LogP contribution >= 0.6 is 0 Å². The van der Waals surface area contributed by atoms with E-state index in [2.05, 4.69) is 12.2 Å². The van der Waals surface area contributed by atoms with Crippen LogP contribution in [0, 0.1) is 0 Å². The van der Waals surface area contributed by atoms with Crippen molar-refractivity contribution in [2.45, 2.75) is 25.4 Å². The summed E-state index contributed by atoms with van der Waals surface area (Å²) in [6.45, 7) is 3.18. The lowest BCUT2D eigenvalue weighted by Crippen LogP contribution is -2.39. The van der Waals surface area contributed by atoms with E-state index in [9.17, 15) is 0 Å². The Balaban J connectivity index is 3.76. The summed E-state index contributed by atoms with van der Waals surface area (Å²) < 4.78 is 10.9. The van der Waals surface area contributed by atoms with Crippen LogP contribution in [0.25, 0.3) is 0 Å². The quantitative estimate of drug-likeness (QED) is 0.487. The summed E-state index contributed by atoms with van der Waals surface area (Å²) in [5, 5.41) is 3.12. The molecule has 4 heteroatoms. The van der Waals surface area contributed by atoms with E-state index in [4.69, 9.17) is 8.85 Å². The van der Waals surface area contributed by atoms with E-state index in [-0.39, 0.29) is 0 Å². The molecule has 0 aliphatic heterocycles. The first-order valence-corrected chi connectivity index (χ1v) is 6.72. The van der Waals surface area contributed by atoms with Gasteiger partial charge in [0.15, 0.2) is 0 Å². The van der Waals surface area contributed by atoms with Gasteiger partial charge in [-0.15, -0.1) is 0 Å². The van der Waals surface area contributed by atoms with Gasteiger partial charge in [0.05, 0.1) is 0 Å². The van der Waals surface area contributed by atoms with Crippen molar-refractivity contribution in [2.24, 2.45) is 0 Å². The molecule has 0 saturated carbocycles. The van der Waals surface area contributed by atoms with Crippen LogP contribution in [0.5, 0.6) is 0 Å². The maximum Gasteiger partial charge on any atom is 0.337 e. The van der Waals surface area contributed by atoms with Gasteiger partial charge in [-0.1, -0.05) is 6.92 Å². The summed E-state index contributed by atoms with van der Waals surface area (Å²) in [5.41, 5.74) is 0. The molecule has 1 N–H and O–H groups in total. The largest absolute Gasteiger partial charge is 0.398 e. The summed E-state index contributed by atoms with van der Waals surface area (Å²) in [5.74, 6) is 0. The molecule has 3 nitrogen and oxygen atoms in total. The SMILES string of the molecule is CC[Si](CCCNC)(OC)OC. The van der Waals surface area contributed by atoms with E-state index in [0.717, 1.165) is 25.1 Å². The molecule has 0 aromatic carbocycles. The molecule has 0 aliphatic carbocycles. The lowest BCUT2D eigenvalue weighted by molar-refractivity contribution is 0.242. The molecule has 0 heterocycles. The Morgan fingerprint density at radius 1 is 1.25 bits per heavy atom. The van der Waals surface area contributed by atoms with Gasteiger partial charge >= 0.3 is 8.56 Å². The smallest absolute Gasteiger partial charge is 0.337 e. The molecule has 0 fully saturated rings. The molecule has 0 spiro atoms. The lowest BCUT2D eigenvalue weighted by Gasteiger charge is -2.25. The molecule has 0 amide bonds. The Kier molecular flexibility index (Phi) is 6.65.